The van der Waals surface area contributed by atoms with E-state index >= 15 is 0 Å². The standard InChI is InChI=1S/C22H26N2O5S/c25-21(24-30(27,28)19-12-17(13-29-19)22(26)9-10-22)23-20-16(11-14-3-1-4-14)8-7-15-5-2-6-18(15)20/h7-8,12-14,26H,1-6,9-11H2,(H2,23,24,25). The fourth-order valence-electron chi connectivity index (χ4n) is 4.47. The molecule has 0 aliphatic heterocycles. The number of rotatable bonds is 6. The predicted octanol–water partition coefficient (Wildman–Crippen LogP) is 3.60. The number of aliphatic hydroxyl groups is 1. The number of fused-ring (bicyclic) bond motifs is 1. The van der Waals surface area contributed by atoms with Crippen LogP contribution in [0.5, 0.6) is 0 Å². The van der Waals surface area contributed by atoms with E-state index in [4.69, 9.17) is 4.42 Å². The maximum Gasteiger partial charge on any atom is 0.333 e. The summed E-state index contributed by atoms with van der Waals surface area (Å²) in [6.45, 7) is 0. The number of benzene rings is 1. The highest BCUT2D eigenvalue weighted by Crippen LogP contribution is 2.46. The van der Waals surface area contributed by atoms with Crippen molar-refractivity contribution in [1.82, 2.24) is 4.72 Å². The van der Waals surface area contributed by atoms with E-state index < -0.39 is 21.7 Å². The van der Waals surface area contributed by atoms with Crippen LogP contribution < -0.4 is 10.0 Å². The van der Waals surface area contributed by atoms with Crippen molar-refractivity contribution >= 4 is 21.7 Å². The summed E-state index contributed by atoms with van der Waals surface area (Å²) in [5, 5.41) is 12.6. The molecule has 7 nitrogen and oxygen atoms in total. The van der Waals surface area contributed by atoms with Crippen LogP contribution in [0.4, 0.5) is 10.5 Å². The van der Waals surface area contributed by atoms with Crippen LogP contribution in [-0.4, -0.2) is 19.6 Å². The number of sulfonamides is 1. The van der Waals surface area contributed by atoms with Gasteiger partial charge in [0.1, 0.15) is 0 Å². The van der Waals surface area contributed by atoms with Gasteiger partial charge >= 0.3 is 6.03 Å². The third-order valence-corrected chi connectivity index (χ3v) is 7.87. The highest BCUT2D eigenvalue weighted by Gasteiger charge is 2.44. The molecule has 1 aromatic heterocycles. The van der Waals surface area contributed by atoms with Crippen molar-refractivity contribution < 1.29 is 22.7 Å². The minimum atomic E-state index is -4.17. The minimum Gasteiger partial charge on any atom is -0.451 e. The Morgan fingerprint density at radius 1 is 1.20 bits per heavy atom. The fraction of sp³-hybridized carbons (Fsp3) is 0.500. The number of urea groups is 1. The Morgan fingerprint density at radius 2 is 2.00 bits per heavy atom. The Labute approximate surface area is 175 Å². The molecule has 160 valence electrons. The van der Waals surface area contributed by atoms with Crippen molar-refractivity contribution in [2.24, 2.45) is 5.92 Å². The van der Waals surface area contributed by atoms with E-state index in [1.807, 2.05) is 0 Å². The molecule has 0 spiro atoms. The molecule has 3 aliphatic rings. The van der Waals surface area contributed by atoms with E-state index in [9.17, 15) is 18.3 Å². The quantitative estimate of drug-likeness (QED) is 0.649. The lowest BCUT2D eigenvalue weighted by atomic mass is 9.80. The summed E-state index contributed by atoms with van der Waals surface area (Å²) in [6, 6.07) is 4.70. The van der Waals surface area contributed by atoms with Gasteiger partial charge in [0.25, 0.3) is 10.0 Å². The number of amides is 2. The smallest absolute Gasteiger partial charge is 0.333 e. The first-order chi connectivity index (χ1) is 14.3. The number of carbonyl (C=O) groups excluding carboxylic acids is 1. The molecule has 0 atom stereocenters. The molecule has 2 amide bonds. The van der Waals surface area contributed by atoms with E-state index in [0.717, 1.165) is 42.5 Å². The van der Waals surface area contributed by atoms with Crippen molar-refractivity contribution in [3.63, 3.8) is 0 Å². The minimum absolute atomic E-state index is 0.374. The third-order valence-electron chi connectivity index (χ3n) is 6.67. The van der Waals surface area contributed by atoms with Gasteiger partial charge in [-0.05, 0) is 61.1 Å². The van der Waals surface area contributed by atoms with Crippen molar-refractivity contribution in [1.29, 1.82) is 0 Å². The monoisotopic (exact) mass is 430 g/mol. The summed E-state index contributed by atoms with van der Waals surface area (Å²) in [5.41, 5.74) is 3.60. The summed E-state index contributed by atoms with van der Waals surface area (Å²) in [6.07, 6.45) is 9.82. The van der Waals surface area contributed by atoms with Gasteiger partial charge < -0.3 is 14.8 Å². The lowest BCUT2D eigenvalue weighted by Crippen LogP contribution is -2.35. The summed E-state index contributed by atoms with van der Waals surface area (Å²) in [5.74, 6) is 0.631. The Morgan fingerprint density at radius 3 is 2.70 bits per heavy atom. The second-order valence-electron chi connectivity index (χ2n) is 8.84. The van der Waals surface area contributed by atoms with Gasteiger partial charge in [-0.3, -0.25) is 0 Å². The highest BCUT2D eigenvalue weighted by atomic mass is 32.2. The lowest BCUT2D eigenvalue weighted by molar-refractivity contribution is 0.150. The number of aryl methyl sites for hydroxylation is 1. The van der Waals surface area contributed by atoms with Crippen LogP contribution in [-0.2, 0) is 34.9 Å². The van der Waals surface area contributed by atoms with Crippen LogP contribution in [0.15, 0.2) is 34.0 Å². The molecule has 1 aromatic carbocycles. The van der Waals surface area contributed by atoms with Crippen LogP contribution in [0.1, 0.15) is 60.8 Å². The molecule has 8 heteroatoms. The van der Waals surface area contributed by atoms with Gasteiger partial charge in [0.05, 0.1) is 11.9 Å². The van der Waals surface area contributed by atoms with E-state index in [1.54, 1.807) is 0 Å². The third kappa shape index (κ3) is 3.63. The Hall–Kier alpha value is -2.32. The van der Waals surface area contributed by atoms with E-state index in [0.29, 0.717) is 24.3 Å². The van der Waals surface area contributed by atoms with Gasteiger partial charge in [0.2, 0.25) is 5.09 Å². The number of hydrogen-bond acceptors (Lipinski definition) is 5. The molecular weight excluding hydrogens is 404 g/mol. The zero-order chi connectivity index (χ0) is 20.9. The molecular formula is C22H26N2O5S. The maximum absolute atomic E-state index is 12.6. The van der Waals surface area contributed by atoms with Gasteiger partial charge in [-0.1, -0.05) is 31.4 Å². The molecule has 0 bridgehead atoms. The SMILES string of the molecule is O=C(Nc1c(CC2CCC2)ccc2c1CCC2)NS(=O)(=O)c1cc(C2(O)CC2)co1. The van der Waals surface area contributed by atoms with Crippen molar-refractivity contribution in [2.75, 3.05) is 5.32 Å². The van der Waals surface area contributed by atoms with Crippen molar-refractivity contribution in [3.05, 3.63) is 46.7 Å². The molecule has 0 unspecified atom stereocenters. The fourth-order valence-corrected chi connectivity index (χ4v) is 5.32. The molecule has 0 radical (unpaired) electrons. The van der Waals surface area contributed by atoms with Crippen molar-refractivity contribution in [2.45, 2.75) is 68.5 Å². The molecule has 2 fully saturated rings. The van der Waals surface area contributed by atoms with Crippen LogP contribution >= 0.6 is 0 Å². The van der Waals surface area contributed by atoms with Crippen molar-refractivity contribution in [3.8, 4) is 0 Å². The molecule has 3 N–H and O–H groups in total. The zero-order valence-electron chi connectivity index (χ0n) is 16.7. The Kier molecular flexibility index (Phi) is 4.67. The number of hydrogen-bond donors (Lipinski definition) is 3. The van der Waals surface area contributed by atoms with E-state index in [-0.39, 0.29) is 5.09 Å². The number of carbonyl (C=O) groups is 1. The maximum atomic E-state index is 12.6. The van der Waals surface area contributed by atoms with Gasteiger partial charge in [-0.2, -0.15) is 8.42 Å². The first kappa shape index (κ1) is 19.6. The average Bonchev–Trinajstić information content (AvgIpc) is 3.10. The first-order valence-corrected chi connectivity index (χ1v) is 12.1. The lowest BCUT2D eigenvalue weighted by Gasteiger charge is -2.27. The predicted molar refractivity (Wildman–Crippen MR) is 111 cm³/mol. The van der Waals surface area contributed by atoms with Crippen LogP contribution in [0.25, 0.3) is 0 Å². The number of anilines is 1. The van der Waals surface area contributed by atoms with Gasteiger partial charge in [-0.15, -0.1) is 0 Å². The van der Waals surface area contributed by atoms with E-state index in [1.165, 1.54) is 37.2 Å². The molecule has 5 rings (SSSR count). The van der Waals surface area contributed by atoms with Gasteiger partial charge in [0, 0.05) is 17.3 Å². The first-order valence-electron chi connectivity index (χ1n) is 10.6. The summed E-state index contributed by atoms with van der Waals surface area (Å²) < 4.78 is 32.4. The molecule has 1 heterocycles. The second kappa shape index (κ2) is 7.13. The highest BCUT2D eigenvalue weighted by molar-refractivity contribution is 7.89. The molecule has 30 heavy (non-hydrogen) atoms. The Balaban J connectivity index is 1.35. The zero-order valence-corrected chi connectivity index (χ0v) is 17.6. The topological polar surface area (TPSA) is 109 Å². The number of furan rings is 1. The Bertz CT molecular complexity index is 1100. The summed E-state index contributed by atoms with van der Waals surface area (Å²) in [4.78, 5) is 12.6. The van der Waals surface area contributed by atoms with Crippen LogP contribution in [0, 0.1) is 5.92 Å². The van der Waals surface area contributed by atoms with Gasteiger partial charge in [-0.25, -0.2) is 9.52 Å². The summed E-state index contributed by atoms with van der Waals surface area (Å²) >= 11 is 0. The van der Waals surface area contributed by atoms with Crippen LogP contribution in [0.3, 0.4) is 0 Å². The summed E-state index contributed by atoms with van der Waals surface area (Å²) in [7, 11) is -4.17. The molecule has 0 saturated heterocycles. The van der Waals surface area contributed by atoms with E-state index in [2.05, 4.69) is 22.2 Å². The van der Waals surface area contributed by atoms with Gasteiger partial charge in [0.15, 0.2) is 0 Å². The number of nitrogens with one attached hydrogen (secondary N) is 2. The van der Waals surface area contributed by atoms with Crippen LogP contribution in [0.2, 0.25) is 0 Å². The molecule has 2 aromatic rings. The molecule has 3 aliphatic carbocycles. The normalized spacial score (nSPS) is 19.8. The molecule has 2 saturated carbocycles. The largest absolute Gasteiger partial charge is 0.451 e. The average molecular weight is 431 g/mol. The second-order valence-corrected chi connectivity index (χ2v) is 10.5.